The molecular formula is C30H54O5. The van der Waals surface area contributed by atoms with Crippen LogP contribution in [0.3, 0.4) is 0 Å². The van der Waals surface area contributed by atoms with E-state index in [1.165, 1.54) is 16.7 Å². The minimum Gasteiger partial charge on any atom is -0.390 e. The summed E-state index contributed by atoms with van der Waals surface area (Å²) < 4.78 is 6.01. The van der Waals surface area contributed by atoms with Crippen LogP contribution in [0.2, 0.25) is 0 Å². The fraction of sp³-hybridized carbons (Fsp3) is 0.800. The molecule has 0 radical (unpaired) electrons. The summed E-state index contributed by atoms with van der Waals surface area (Å²) in [6, 6.07) is 0. The molecule has 204 valence electrons. The van der Waals surface area contributed by atoms with Gasteiger partial charge < -0.3 is 25.2 Å². The van der Waals surface area contributed by atoms with Gasteiger partial charge in [-0.2, -0.15) is 0 Å². The van der Waals surface area contributed by atoms with E-state index in [9.17, 15) is 20.4 Å². The van der Waals surface area contributed by atoms with Crippen LogP contribution >= 0.6 is 0 Å². The van der Waals surface area contributed by atoms with Gasteiger partial charge in [0.05, 0.1) is 35.1 Å². The van der Waals surface area contributed by atoms with E-state index in [4.69, 9.17) is 4.74 Å². The van der Waals surface area contributed by atoms with Crippen LogP contribution in [0.4, 0.5) is 0 Å². The normalized spacial score (nSPS) is 25.3. The lowest BCUT2D eigenvalue weighted by Crippen LogP contribution is -2.45. The highest BCUT2D eigenvalue weighted by Crippen LogP contribution is 2.39. The summed E-state index contributed by atoms with van der Waals surface area (Å²) in [5, 5.41) is 42.4. The number of hydrogen-bond donors (Lipinski definition) is 4. The van der Waals surface area contributed by atoms with Crippen LogP contribution in [-0.4, -0.2) is 55.5 Å². The van der Waals surface area contributed by atoms with Crippen LogP contribution in [0.15, 0.2) is 34.9 Å². The predicted molar refractivity (Wildman–Crippen MR) is 145 cm³/mol. The molecule has 4 N–H and O–H groups in total. The lowest BCUT2D eigenvalue weighted by atomic mass is 9.85. The number of hydrogen-bond acceptors (Lipinski definition) is 5. The van der Waals surface area contributed by atoms with Crippen molar-refractivity contribution in [3.8, 4) is 0 Å². The van der Waals surface area contributed by atoms with E-state index in [-0.39, 0.29) is 12.5 Å². The molecule has 35 heavy (non-hydrogen) atoms. The van der Waals surface area contributed by atoms with Crippen molar-refractivity contribution in [1.82, 2.24) is 0 Å². The highest BCUT2D eigenvalue weighted by atomic mass is 16.5. The maximum absolute atomic E-state index is 10.8. The number of ether oxygens (including phenoxy) is 1. The second-order valence-electron chi connectivity index (χ2n) is 12.1. The van der Waals surface area contributed by atoms with Crippen LogP contribution in [0.5, 0.6) is 0 Å². The number of allylic oxidation sites excluding steroid dienone is 6. The molecule has 0 saturated carbocycles. The lowest BCUT2D eigenvalue weighted by molar-refractivity contribution is -0.158. The zero-order valence-corrected chi connectivity index (χ0v) is 23.7. The van der Waals surface area contributed by atoms with Crippen LogP contribution in [-0.2, 0) is 4.74 Å². The molecule has 0 unspecified atom stereocenters. The van der Waals surface area contributed by atoms with E-state index >= 15 is 0 Å². The molecule has 1 fully saturated rings. The number of aliphatic hydroxyl groups excluding tert-OH is 2. The van der Waals surface area contributed by atoms with Crippen molar-refractivity contribution in [1.29, 1.82) is 0 Å². The monoisotopic (exact) mass is 494 g/mol. The molecule has 1 heterocycles. The standard InChI is InChI=1S/C30H54O5/c1-22(2)12-9-13-23(3)14-10-15-24(4)16-11-17-25(31)29(7,34)20-18-26(32)30(8)21-19-27(35-30)28(5,6)33/h12,14,16,25-27,31-34H,9-11,13,15,17-21H2,1-8H3/t25-,26-,27-,29-,30+/m0/s1. The molecule has 5 nitrogen and oxygen atoms in total. The van der Waals surface area contributed by atoms with Crippen molar-refractivity contribution in [3.05, 3.63) is 34.9 Å². The molecular weight excluding hydrogens is 440 g/mol. The van der Waals surface area contributed by atoms with Gasteiger partial charge in [0.25, 0.3) is 0 Å². The van der Waals surface area contributed by atoms with Crippen molar-refractivity contribution in [2.24, 2.45) is 0 Å². The topological polar surface area (TPSA) is 90.2 Å². The zero-order valence-electron chi connectivity index (χ0n) is 23.7. The van der Waals surface area contributed by atoms with Gasteiger partial charge in [-0.1, -0.05) is 34.9 Å². The minimum absolute atomic E-state index is 0.279. The van der Waals surface area contributed by atoms with Gasteiger partial charge in [0.15, 0.2) is 0 Å². The molecule has 0 aromatic heterocycles. The third-order valence-electron chi connectivity index (χ3n) is 7.50. The summed E-state index contributed by atoms with van der Waals surface area (Å²) in [6.07, 6.45) is 12.2. The zero-order chi connectivity index (χ0) is 26.9. The van der Waals surface area contributed by atoms with E-state index in [0.29, 0.717) is 32.1 Å². The third kappa shape index (κ3) is 11.7. The van der Waals surface area contributed by atoms with Crippen LogP contribution in [0.1, 0.15) is 120 Å². The van der Waals surface area contributed by atoms with Crippen LogP contribution in [0, 0.1) is 0 Å². The molecule has 0 aliphatic carbocycles. The highest BCUT2D eigenvalue weighted by molar-refractivity contribution is 5.05. The molecule has 5 atom stereocenters. The Morgan fingerprint density at radius 2 is 1.46 bits per heavy atom. The summed E-state index contributed by atoms with van der Waals surface area (Å²) in [7, 11) is 0. The fourth-order valence-corrected chi connectivity index (χ4v) is 4.64. The van der Waals surface area contributed by atoms with Gasteiger partial charge in [-0.3, -0.25) is 0 Å². The first kappa shape index (κ1) is 32.0. The summed E-state index contributed by atoms with van der Waals surface area (Å²) in [4.78, 5) is 0. The quantitative estimate of drug-likeness (QED) is 0.205. The molecule has 0 aromatic carbocycles. The molecule has 1 aliphatic rings. The van der Waals surface area contributed by atoms with Crippen molar-refractivity contribution >= 4 is 0 Å². The summed E-state index contributed by atoms with van der Waals surface area (Å²) >= 11 is 0. The number of rotatable bonds is 15. The maximum atomic E-state index is 10.8. The summed E-state index contributed by atoms with van der Waals surface area (Å²) in [6.45, 7) is 15.5. The molecule has 5 heteroatoms. The van der Waals surface area contributed by atoms with Crippen molar-refractivity contribution < 1.29 is 25.2 Å². The SMILES string of the molecule is CC(C)=CCCC(C)=CCCC(C)=CCC[C@H](O)[C@@](C)(O)CC[C@H](O)[C@@]1(C)CC[C@@H](C(C)(C)O)O1. The Morgan fingerprint density at radius 3 is 1.97 bits per heavy atom. The molecule has 0 aromatic rings. The highest BCUT2D eigenvalue weighted by Gasteiger charge is 2.46. The molecule has 1 saturated heterocycles. The lowest BCUT2D eigenvalue weighted by Gasteiger charge is -2.35. The van der Waals surface area contributed by atoms with E-state index in [2.05, 4.69) is 45.9 Å². The minimum atomic E-state index is -1.28. The van der Waals surface area contributed by atoms with E-state index < -0.39 is 29.0 Å². The first-order valence-electron chi connectivity index (χ1n) is 13.5. The van der Waals surface area contributed by atoms with Crippen LogP contribution in [0.25, 0.3) is 0 Å². The Bertz CT molecular complexity index is 724. The Kier molecular flexibility index (Phi) is 12.9. The second kappa shape index (κ2) is 14.1. The first-order chi connectivity index (χ1) is 16.1. The average molecular weight is 495 g/mol. The predicted octanol–water partition coefficient (Wildman–Crippen LogP) is 6.15. The van der Waals surface area contributed by atoms with Crippen molar-refractivity contribution in [2.45, 2.75) is 155 Å². The van der Waals surface area contributed by atoms with Gasteiger partial charge in [-0.15, -0.1) is 0 Å². The van der Waals surface area contributed by atoms with Gasteiger partial charge in [0.2, 0.25) is 0 Å². The maximum Gasteiger partial charge on any atom is 0.0918 e. The molecule has 0 spiro atoms. The largest absolute Gasteiger partial charge is 0.390 e. The fourth-order valence-electron chi connectivity index (χ4n) is 4.64. The average Bonchev–Trinajstić information content (AvgIpc) is 3.15. The van der Waals surface area contributed by atoms with Crippen molar-refractivity contribution in [3.63, 3.8) is 0 Å². The van der Waals surface area contributed by atoms with E-state index in [1.807, 2.05) is 6.92 Å². The molecule has 0 bridgehead atoms. The molecule has 1 rings (SSSR count). The Hall–Kier alpha value is -0.980. The molecule has 0 amide bonds. The van der Waals surface area contributed by atoms with Crippen LogP contribution < -0.4 is 0 Å². The van der Waals surface area contributed by atoms with Gasteiger partial charge in [0.1, 0.15) is 0 Å². The second-order valence-corrected chi connectivity index (χ2v) is 12.1. The Labute approximate surface area is 215 Å². The van der Waals surface area contributed by atoms with Gasteiger partial charge in [-0.05, 0) is 120 Å². The van der Waals surface area contributed by atoms with Gasteiger partial charge in [-0.25, -0.2) is 0 Å². The van der Waals surface area contributed by atoms with Crippen molar-refractivity contribution in [2.75, 3.05) is 0 Å². The first-order valence-corrected chi connectivity index (χ1v) is 13.5. The summed E-state index contributed by atoms with van der Waals surface area (Å²) in [5.41, 5.74) is 1.12. The smallest absolute Gasteiger partial charge is 0.0918 e. The summed E-state index contributed by atoms with van der Waals surface area (Å²) in [5.74, 6) is 0. The van der Waals surface area contributed by atoms with Gasteiger partial charge >= 0.3 is 0 Å². The van der Waals surface area contributed by atoms with E-state index in [0.717, 1.165) is 25.7 Å². The van der Waals surface area contributed by atoms with Gasteiger partial charge in [0, 0.05) is 0 Å². The van der Waals surface area contributed by atoms with E-state index in [1.54, 1.807) is 20.8 Å². The Morgan fingerprint density at radius 1 is 0.914 bits per heavy atom. The molecule has 1 aliphatic heterocycles. The Balaban J connectivity index is 2.42. The number of aliphatic hydroxyl groups is 4. The third-order valence-corrected chi connectivity index (χ3v) is 7.50.